The second-order valence-electron chi connectivity index (χ2n) is 4.35. The van der Waals surface area contributed by atoms with Gasteiger partial charge in [0.25, 0.3) is 0 Å². The molecule has 1 saturated heterocycles. The molecule has 0 aliphatic carbocycles. The SMILES string of the molecule is CCC1SCC(C(=O)O)N1C(=O)C(C)n1cncn1. The Morgan fingerprint density at radius 2 is 2.32 bits per heavy atom. The molecule has 1 amide bonds. The number of carboxylic acids is 1. The predicted molar refractivity (Wildman–Crippen MR) is 69.5 cm³/mol. The highest BCUT2D eigenvalue weighted by Gasteiger charge is 2.42. The molecule has 0 saturated carbocycles. The Hall–Kier alpha value is -1.57. The molecule has 1 fully saturated rings. The van der Waals surface area contributed by atoms with Crippen LogP contribution in [0.5, 0.6) is 0 Å². The van der Waals surface area contributed by atoms with E-state index >= 15 is 0 Å². The molecule has 0 bridgehead atoms. The van der Waals surface area contributed by atoms with Crippen LogP contribution in [0.4, 0.5) is 0 Å². The van der Waals surface area contributed by atoms with Gasteiger partial charge in [0, 0.05) is 5.75 Å². The van der Waals surface area contributed by atoms with E-state index in [9.17, 15) is 14.7 Å². The maximum absolute atomic E-state index is 12.5. The lowest BCUT2D eigenvalue weighted by molar-refractivity contribution is -0.150. The van der Waals surface area contributed by atoms with Crippen LogP contribution >= 0.6 is 11.8 Å². The van der Waals surface area contributed by atoms with Gasteiger partial charge in [-0.15, -0.1) is 11.8 Å². The van der Waals surface area contributed by atoms with Crippen molar-refractivity contribution < 1.29 is 14.7 Å². The molecule has 19 heavy (non-hydrogen) atoms. The molecule has 7 nitrogen and oxygen atoms in total. The van der Waals surface area contributed by atoms with E-state index in [1.807, 2.05) is 6.92 Å². The van der Waals surface area contributed by atoms with Gasteiger partial charge < -0.3 is 10.0 Å². The van der Waals surface area contributed by atoms with Gasteiger partial charge in [0.2, 0.25) is 5.91 Å². The maximum Gasteiger partial charge on any atom is 0.327 e. The number of nitrogens with zero attached hydrogens (tertiary/aromatic N) is 4. The van der Waals surface area contributed by atoms with Crippen LogP contribution in [0.3, 0.4) is 0 Å². The van der Waals surface area contributed by atoms with E-state index < -0.39 is 18.1 Å². The van der Waals surface area contributed by atoms with Crippen LogP contribution in [0.2, 0.25) is 0 Å². The van der Waals surface area contributed by atoms with Gasteiger partial charge in [-0.1, -0.05) is 6.92 Å². The van der Waals surface area contributed by atoms with Crippen LogP contribution in [0.15, 0.2) is 12.7 Å². The summed E-state index contributed by atoms with van der Waals surface area (Å²) in [7, 11) is 0. The summed E-state index contributed by atoms with van der Waals surface area (Å²) < 4.78 is 1.44. The van der Waals surface area contributed by atoms with Crippen molar-refractivity contribution in [2.24, 2.45) is 0 Å². The summed E-state index contributed by atoms with van der Waals surface area (Å²) in [4.78, 5) is 29.0. The number of carboxylic acid groups (broad SMARTS) is 1. The first-order valence-electron chi connectivity index (χ1n) is 6.07. The molecule has 1 aliphatic heterocycles. The highest BCUT2D eigenvalue weighted by Crippen LogP contribution is 2.33. The molecule has 2 heterocycles. The minimum atomic E-state index is -0.956. The fourth-order valence-electron chi connectivity index (χ4n) is 2.11. The summed E-state index contributed by atoms with van der Waals surface area (Å²) in [5, 5.41) is 13.1. The Morgan fingerprint density at radius 3 is 2.84 bits per heavy atom. The minimum Gasteiger partial charge on any atom is -0.480 e. The number of hydrogen-bond donors (Lipinski definition) is 1. The number of hydrogen-bond acceptors (Lipinski definition) is 5. The van der Waals surface area contributed by atoms with Gasteiger partial charge in [0.15, 0.2) is 0 Å². The molecule has 1 aromatic heterocycles. The quantitative estimate of drug-likeness (QED) is 0.871. The van der Waals surface area contributed by atoms with Gasteiger partial charge in [-0.05, 0) is 13.3 Å². The van der Waals surface area contributed by atoms with Gasteiger partial charge in [0.1, 0.15) is 24.7 Å². The maximum atomic E-state index is 12.5. The van der Waals surface area contributed by atoms with Crippen LogP contribution in [-0.2, 0) is 9.59 Å². The average Bonchev–Trinajstić information content (AvgIpc) is 3.05. The monoisotopic (exact) mass is 284 g/mol. The van der Waals surface area contributed by atoms with E-state index in [4.69, 9.17) is 0 Å². The van der Waals surface area contributed by atoms with Gasteiger partial charge in [-0.2, -0.15) is 5.10 Å². The Kier molecular flexibility index (Phi) is 4.08. The first kappa shape index (κ1) is 13.9. The van der Waals surface area contributed by atoms with E-state index in [1.54, 1.807) is 6.92 Å². The third-order valence-corrected chi connectivity index (χ3v) is 4.63. The zero-order chi connectivity index (χ0) is 14.0. The standard InChI is InChI=1S/C11H16N4O3S/c1-3-9-15(8(4-19-9)11(17)18)10(16)7(2)14-6-12-5-13-14/h5-9H,3-4H2,1-2H3,(H,17,18). The molecule has 1 aromatic rings. The highest BCUT2D eigenvalue weighted by molar-refractivity contribution is 8.00. The Bertz CT molecular complexity index is 465. The summed E-state index contributed by atoms with van der Waals surface area (Å²) in [6.07, 6.45) is 3.54. The molecular formula is C11H16N4O3S. The molecule has 3 unspecified atom stereocenters. The molecule has 0 spiro atoms. The van der Waals surface area contributed by atoms with Crippen LogP contribution in [0.1, 0.15) is 26.3 Å². The van der Waals surface area contributed by atoms with E-state index in [0.717, 1.165) is 6.42 Å². The Morgan fingerprint density at radius 1 is 1.58 bits per heavy atom. The van der Waals surface area contributed by atoms with Crippen molar-refractivity contribution in [3.63, 3.8) is 0 Å². The van der Waals surface area contributed by atoms with E-state index in [1.165, 1.54) is 34.0 Å². The molecule has 0 aromatic carbocycles. The van der Waals surface area contributed by atoms with Crippen molar-refractivity contribution in [2.75, 3.05) is 5.75 Å². The van der Waals surface area contributed by atoms with Crippen molar-refractivity contribution in [3.8, 4) is 0 Å². The molecule has 8 heteroatoms. The van der Waals surface area contributed by atoms with Crippen LogP contribution in [-0.4, -0.2) is 53.8 Å². The third-order valence-electron chi connectivity index (χ3n) is 3.17. The predicted octanol–water partition coefficient (Wildman–Crippen LogP) is 0.604. The summed E-state index contributed by atoms with van der Waals surface area (Å²) >= 11 is 1.51. The lowest BCUT2D eigenvalue weighted by Gasteiger charge is -2.29. The zero-order valence-electron chi connectivity index (χ0n) is 10.8. The number of thioether (sulfide) groups is 1. The van der Waals surface area contributed by atoms with Gasteiger partial charge >= 0.3 is 5.97 Å². The summed E-state index contributed by atoms with van der Waals surface area (Å²) in [5.74, 6) is -0.749. The van der Waals surface area contributed by atoms with Gasteiger partial charge in [-0.25, -0.2) is 14.5 Å². The first-order valence-corrected chi connectivity index (χ1v) is 7.11. The first-order chi connectivity index (χ1) is 9.06. The molecular weight excluding hydrogens is 268 g/mol. The molecule has 104 valence electrons. The van der Waals surface area contributed by atoms with Crippen LogP contribution < -0.4 is 0 Å². The number of rotatable bonds is 4. The lowest BCUT2D eigenvalue weighted by Crippen LogP contribution is -2.48. The van der Waals surface area contributed by atoms with E-state index in [-0.39, 0.29) is 11.3 Å². The Labute approximate surface area is 115 Å². The van der Waals surface area contributed by atoms with Crippen molar-refractivity contribution in [3.05, 3.63) is 12.7 Å². The molecule has 0 radical (unpaired) electrons. The fourth-order valence-corrected chi connectivity index (χ4v) is 3.46. The highest BCUT2D eigenvalue weighted by atomic mass is 32.2. The fraction of sp³-hybridized carbons (Fsp3) is 0.636. The second kappa shape index (κ2) is 5.60. The molecule has 1 N–H and O–H groups in total. The Balaban J connectivity index is 2.21. The van der Waals surface area contributed by atoms with Crippen molar-refractivity contribution in [1.29, 1.82) is 0 Å². The zero-order valence-corrected chi connectivity index (χ0v) is 11.6. The second-order valence-corrected chi connectivity index (χ2v) is 5.56. The van der Waals surface area contributed by atoms with Gasteiger partial charge in [0.05, 0.1) is 5.37 Å². The lowest BCUT2D eigenvalue weighted by atomic mass is 10.2. The number of aromatic nitrogens is 3. The topological polar surface area (TPSA) is 88.3 Å². The van der Waals surface area contributed by atoms with Crippen molar-refractivity contribution in [2.45, 2.75) is 37.7 Å². The average molecular weight is 284 g/mol. The molecule has 1 aliphatic rings. The largest absolute Gasteiger partial charge is 0.480 e. The van der Waals surface area contributed by atoms with Crippen molar-refractivity contribution in [1.82, 2.24) is 19.7 Å². The smallest absolute Gasteiger partial charge is 0.327 e. The summed E-state index contributed by atoms with van der Waals surface area (Å²) in [6, 6.07) is -1.30. The number of amides is 1. The molecule has 2 rings (SSSR count). The van der Waals surface area contributed by atoms with Gasteiger partial charge in [-0.3, -0.25) is 4.79 Å². The minimum absolute atomic E-state index is 0.0837. The van der Waals surface area contributed by atoms with Crippen molar-refractivity contribution >= 4 is 23.6 Å². The van der Waals surface area contributed by atoms with E-state index in [0.29, 0.717) is 5.75 Å². The van der Waals surface area contributed by atoms with E-state index in [2.05, 4.69) is 10.1 Å². The number of aliphatic carboxylic acids is 1. The third kappa shape index (κ3) is 2.58. The number of carbonyl (C=O) groups is 2. The summed E-state index contributed by atoms with van der Waals surface area (Å²) in [6.45, 7) is 3.65. The van der Waals surface area contributed by atoms with Crippen LogP contribution in [0, 0.1) is 0 Å². The normalized spacial score (nSPS) is 24.4. The number of carbonyl (C=O) groups excluding carboxylic acids is 1. The van der Waals surface area contributed by atoms with Crippen LogP contribution in [0.25, 0.3) is 0 Å². The summed E-state index contributed by atoms with van der Waals surface area (Å²) in [5.41, 5.74) is 0. The molecule has 3 atom stereocenters.